The van der Waals surface area contributed by atoms with Gasteiger partial charge in [0.1, 0.15) is 5.75 Å². The second kappa shape index (κ2) is 6.69. The number of ether oxygens (including phenoxy) is 1. The summed E-state index contributed by atoms with van der Waals surface area (Å²) in [6.45, 7) is 7.49. The van der Waals surface area contributed by atoms with Crippen LogP contribution in [0.25, 0.3) is 0 Å². The molecular formula is C13H21NOS. The summed E-state index contributed by atoms with van der Waals surface area (Å²) in [5, 5.41) is 0.685. The zero-order valence-corrected chi connectivity index (χ0v) is 11.1. The first kappa shape index (κ1) is 13.2. The topological polar surface area (TPSA) is 35.2 Å². The van der Waals surface area contributed by atoms with Crippen LogP contribution in [0.15, 0.2) is 24.3 Å². The first-order valence-electron chi connectivity index (χ1n) is 5.69. The van der Waals surface area contributed by atoms with E-state index in [9.17, 15) is 0 Å². The Morgan fingerprint density at radius 2 is 2.06 bits per heavy atom. The molecule has 0 aromatic heterocycles. The van der Waals surface area contributed by atoms with Crippen LogP contribution in [-0.2, 0) is 0 Å². The molecule has 0 radical (unpaired) electrons. The van der Waals surface area contributed by atoms with Gasteiger partial charge in [0.05, 0.1) is 6.61 Å². The van der Waals surface area contributed by atoms with E-state index in [2.05, 4.69) is 20.8 Å². The number of nitrogens with two attached hydrogens (primary N) is 1. The van der Waals surface area contributed by atoms with Crippen LogP contribution < -0.4 is 10.5 Å². The van der Waals surface area contributed by atoms with Gasteiger partial charge in [-0.25, -0.2) is 0 Å². The van der Waals surface area contributed by atoms with Crippen molar-refractivity contribution in [3.05, 3.63) is 24.3 Å². The predicted molar refractivity (Wildman–Crippen MR) is 73.1 cm³/mol. The molecule has 0 saturated carbocycles. The largest absolute Gasteiger partial charge is 0.493 e. The summed E-state index contributed by atoms with van der Waals surface area (Å²) in [5.41, 5.74) is 6.42. The Morgan fingerprint density at radius 1 is 1.31 bits per heavy atom. The lowest BCUT2D eigenvalue weighted by molar-refractivity contribution is 0.344. The maximum Gasteiger partial charge on any atom is 0.121 e. The molecule has 0 fully saturated rings. The Balaban J connectivity index is 2.21. The fourth-order valence-corrected chi connectivity index (χ4v) is 2.13. The van der Waals surface area contributed by atoms with Gasteiger partial charge in [-0.3, -0.25) is 0 Å². The van der Waals surface area contributed by atoms with E-state index in [1.807, 2.05) is 36.0 Å². The lowest BCUT2D eigenvalue weighted by atomic mass is 10.2. The van der Waals surface area contributed by atoms with E-state index in [0.29, 0.717) is 5.25 Å². The predicted octanol–water partition coefficient (Wildman–Crippen LogP) is 3.43. The van der Waals surface area contributed by atoms with Crippen molar-refractivity contribution in [1.82, 2.24) is 0 Å². The third-order valence-electron chi connectivity index (χ3n) is 2.53. The molecule has 0 bridgehead atoms. The molecule has 1 aromatic carbocycles. The van der Waals surface area contributed by atoms with Crippen LogP contribution in [0, 0.1) is 5.92 Å². The molecule has 2 nitrogen and oxygen atoms in total. The van der Waals surface area contributed by atoms with Gasteiger partial charge in [-0.1, -0.05) is 26.8 Å². The third-order valence-corrected chi connectivity index (χ3v) is 4.00. The van der Waals surface area contributed by atoms with Crippen molar-refractivity contribution < 1.29 is 4.74 Å². The molecular weight excluding hydrogens is 218 g/mol. The van der Waals surface area contributed by atoms with Crippen LogP contribution in [0.4, 0.5) is 5.69 Å². The van der Waals surface area contributed by atoms with Crippen LogP contribution in [0.2, 0.25) is 0 Å². The summed E-state index contributed by atoms with van der Waals surface area (Å²) in [4.78, 5) is 0. The molecule has 2 N–H and O–H groups in total. The molecule has 1 aromatic rings. The highest BCUT2D eigenvalue weighted by Crippen LogP contribution is 2.19. The van der Waals surface area contributed by atoms with Gasteiger partial charge in [0, 0.05) is 22.8 Å². The lowest BCUT2D eigenvalue weighted by Crippen LogP contribution is -2.09. The molecule has 1 rings (SSSR count). The molecule has 90 valence electrons. The third kappa shape index (κ3) is 4.79. The van der Waals surface area contributed by atoms with E-state index >= 15 is 0 Å². The standard InChI is InChI=1S/C13H21NOS/c1-10(2)11(3)16-8-7-15-13-6-4-5-12(14)9-13/h4-6,9-11H,7-8,14H2,1-3H3. The van der Waals surface area contributed by atoms with Crippen molar-refractivity contribution in [3.8, 4) is 5.75 Å². The number of hydrogen-bond donors (Lipinski definition) is 1. The highest BCUT2D eigenvalue weighted by molar-refractivity contribution is 7.99. The Morgan fingerprint density at radius 3 is 2.69 bits per heavy atom. The number of nitrogen functional groups attached to an aromatic ring is 1. The minimum Gasteiger partial charge on any atom is -0.493 e. The molecule has 0 aliphatic carbocycles. The molecule has 16 heavy (non-hydrogen) atoms. The molecule has 0 saturated heterocycles. The molecule has 0 amide bonds. The Labute approximate surface area is 103 Å². The van der Waals surface area contributed by atoms with Gasteiger partial charge in [-0.05, 0) is 18.1 Å². The van der Waals surface area contributed by atoms with Gasteiger partial charge in [0.15, 0.2) is 0 Å². The second-order valence-corrected chi connectivity index (χ2v) is 5.73. The van der Waals surface area contributed by atoms with Crippen LogP contribution in [0.1, 0.15) is 20.8 Å². The van der Waals surface area contributed by atoms with Gasteiger partial charge < -0.3 is 10.5 Å². The number of thioether (sulfide) groups is 1. The van der Waals surface area contributed by atoms with Gasteiger partial charge in [-0.15, -0.1) is 0 Å². The Kier molecular flexibility index (Phi) is 5.53. The van der Waals surface area contributed by atoms with Crippen molar-refractivity contribution >= 4 is 17.4 Å². The highest BCUT2D eigenvalue weighted by Gasteiger charge is 2.06. The van der Waals surface area contributed by atoms with Gasteiger partial charge in [0.25, 0.3) is 0 Å². The molecule has 3 heteroatoms. The molecule has 0 aliphatic heterocycles. The highest BCUT2D eigenvalue weighted by atomic mass is 32.2. The van der Waals surface area contributed by atoms with Crippen molar-refractivity contribution in [3.63, 3.8) is 0 Å². The van der Waals surface area contributed by atoms with Crippen molar-refractivity contribution in [1.29, 1.82) is 0 Å². The first-order chi connectivity index (χ1) is 7.59. The summed E-state index contributed by atoms with van der Waals surface area (Å²) >= 11 is 1.95. The van der Waals surface area contributed by atoms with Crippen molar-refractivity contribution in [2.75, 3.05) is 18.1 Å². The van der Waals surface area contributed by atoms with E-state index in [4.69, 9.17) is 10.5 Å². The van der Waals surface area contributed by atoms with Gasteiger partial charge >= 0.3 is 0 Å². The fourth-order valence-electron chi connectivity index (χ4n) is 1.19. The molecule has 1 unspecified atom stereocenters. The maximum atomic E-state index is 5.67. The molecule has 0 spiro atoms. The fraction of sp³-hybridized carbons (Fsp3) is 0.538. The Hall–Kier alpha value is -0.830. The average molecular weight is 239 g/mol. The minimum absolute atomic E-state index is 0.685. The molecule has 1 atom stereocenters. The minimum atomic E-state index is 0.685. The van der Waals surface area contributed by atoms with Gasteiger partial charge in [-0.2, -0.15) is 11.8 Å². The van der Waals surface area contributed by atoms with E-state index in [-0.39, 0.29) is 0 Å². The summed E-state index contributed by atoms with van der Waals surface area (Å²) in [7, 11) is 0. The van der Waals surface area contributed by atoms with Crippen LogP contribution in [-0.4, -0.2) is 17.6 Å². The Bertz CT molecular complexity index is 315. The number of hydrogen-bond acceptors (Lipinski definition) is 3. The number of rotatable bonds is 6. The quantitative estimate of drug-likeness (QED) is 0.610. The summed E-state index contributed by atoms with van der Waals surface area (Å²) in [6.07, 6.45) is 0. The second-order valence-electron chi connectivity index (χ2n) is 4.24. The van der Waals surface area contributed by atoms with Crippen LogP contribution in [0.3, 0.4) is 0 Å². The van der Waals surface area contributed by atoms with E-state index in [0.717, 1.165) is 29.7 Å². The maximum absolute atomic E-state index is 5.67. The SMILES string of the molecule is CC(C)C(C)SCCOc1cccc(N)c1. The monoisotopic (exact) mass is 239 g/mol. The van der Waals surface area contributed by atoms with E-state index in [1.165, 1.54) is 0 Å². The number of benzene rings is 1. The summed E-state index contributed by atoms with van der Waals surface area (Å²) in [6, 6.07) is 7.57. The smallest absolute Gasteiger partial charge is 0.121 e. The summed E-state index contributed by atoms with van der Waals surface area (Å²) < 4.78 is 5.62. The van der Waals surface area contributed by atoms with E-state index in [1.54, 1.807) is 0 Å². The zero-order valence-electron chi connectivity index (χ0n) is 10.3. The molecule has 0 heterocycles. The van der Waals surface area contributed by atoms with Crippen molar-refractivity contribution in [2.45, 2.75) is 26.0 Å². The lowest BCUT2D eigenvalue weighted by Gasteiger charge is -2.15. The van der Waals surface area contributed by atoms with Crippen LogP contribution in [0.5, 0.6) is 5.75 Å². The van der Waals surface area contributed by atoms with Gasteiger partial charge in [0.2, 0.25) is 0 Å². The van der Waals surface area contributed by atoms with E-state index < -0.39 is 0 Å². The summed E-state index contributed by atoms with van der Waals surface area (Å²) in [5.74, 6) is 2.60. The zero-order chi connectivity index (χ0) is 12.0. The first-order valence-corrected chi connectivity index (χ1v) is 6.74. The van der Waals surface area contributed by atoms with Crippen molar-refractivity contribution in [2.24, 2.45) is 5.92 Å². The number of anilines is 1. The molecule has 0 aliphatic rings. The average Bonchev–Trinajstić information content (AvgIpc) is 2.24. The normalized spacial score (nSPS) is 12.8. The van der Waals surface area contributed by atoms with Crippen LogP contribution >= 0.6 is 11.8 Å².